The maximum absolute atomic E-state index is 13.0. The molecule has 0 aliphatic rings. The Bertz CT molecular complexity index is 1380. The van der Waals surface area contributed by atoms with Crippen LogP contribution in [0.15, 0.2) is 85.1 Å². The fraction of sp³-hybridized carbons (Fsp3) is 0.143. The summed E-state index contributed by atoms with van der Waals surface area (Å²) < 4.78 is 6.94. The van der Waals surface area contributed by atoms with Crippen LogP contribution in [-0.2, 0) is 9.53 Å². The SMILES string of the molecule is Cc1ccc(-n2cc(C(=O)OCC(=O)Nc3ccc(C(=O)N(C)C)cc3)c(-c3ccccc3)n2)cc1. The average Bonchev–Trinajstić information content (AvgIpc) is 3.34. The maximum atomic E-state index is 13.0. The van der Waals surface area contributed by atoms with Crippen molar-refractivity contribution in [2.24, 2.45) is 0 Å². The summed E-state index contributed by atoms with van der Waals surface area (Å²) in [6.07, 6.45) is 1.60. The molecule has 36 heavy (non-hydrogen) atoms. The first kappa shape index (κ1) is 24.4. The first-order valence-corrected chi connectivity index (χ1v) is 11.3. The number of hydrogen-bond donors (Lipinski definition) is 1. The van der Waals surface area contributed by atoms with Crippen molar-refractivity contribution in [1.29, 1.82) is 0 Å². The van der Waals surface area contributed by atoms with Gasteiger partial charge in [0.2, 0.25) is 0 Å². The molecule has 8 nitrogen and oxygen atoms in total. The summed E-state index contributed by atoms with van der Waals surface area (Å²) in [5.74, 6) is -1.29. The van der Waals surface area contributed by atoms with Gasteiger partial charge < -0.3 is 15.0 Å². The summed E-state index contributed by atoms with van der Waals surface area (Å²) in [6.45, 7) is 1.52. The zero-order chi connectivity index (χ0) is 25.7. The van der Waals surface area contributed by atoms with Crippen LogP contribution in [0.5, 0.6) is 0 Å². The molecule has 1 aromatic heterocycles. The number of ether oxygens (including phenoxy) is 1. The van der Waals surface area contributed by atoms with Crippen molar-refractivity contribution in [3.63, 3.8) is 0 Å². The fourth-order valence-corrected chi connectivity index (χ4v) is 3.52. The predicted molar refractivity (Wildman–Crippen MR) is 137 cm³/mol. The second kappa shape index (κ2) is 10.7. The topological polar surface area (TPSA) is 93.5 Å². The molecule has 0 bridgehead atoms. The zero-order valence-corrected chi connectivity index (χ0v) is 20.3. The Kier molecular flexibility index (Phi) is 7.25. The average molecular weight is 483 g/mol. The molecule has 4 aromatic rings. The standard InChI is InChI=1S/C28H26N4O4/c1-19-9-15-23(16-10-19)32-17-24(26(30-32)20-7-5-4-6-8-20)28(35)36-18-25(33)29-22-13-11-21(12-14-22)27(34)31(2)3/h4-17H,18H2,1-3H3,(H,29,33). The lowest BCUT2D eigenvalue weighted by Gasteiger charge is -2.11. The molecule has 0 unspecified atom stereocenters. The fourth-order valence-electron chi connectivity index (χ4n) is 3.52. The van der Waals surface area contributed by atoms with E-state index in [1.54, 1.807) is 49.2 Å². The molecule has 2 amide bonds. The highest BCUT2D eigenvalue weighted by Crippen LogP contribution is 2.24. The quantitative estimate of drug-likeness (QED) is 0.396. The Labute approximate surface area is 209 Å². The molecule has 3 aromatic carbocycles. The van der Waals surface area contributed by atoms with Crippen LogP contribution in [0.3, 0.4) is 0 Å². The highest BCUT2D eigenvalue weighted by molar-refractivity contribution is 5.99. The zero-order valence-electron chi connectivity index (χ0n) is 20.3. The van der Waals surface area contributed by atoms with Gasteiger partial charge in [-0.15, -0.1) is 0 Å². The predicted octanol–water partition coefficient (Wildman–Crippen LogP) is 4.35. The second-order valence-electron chi connectivity index (χ2n) is 8.44. The molecule has 0 fully saturated rings. The van der Waals surface area contributed by atoms with Gasteiger partial charge >= 0.3 is 5.97 Å². The van der Waals surface area contributed by atoms with Crippen molar-refractivity contribution in [1.82, 2.24) is 14.7 Å². The Morgan fingerprint density at radius 2 is 1.58 bits per heavy atom. The van der Waals surface area contributed by atoms with Gasteiger partial charge in [-0.2, -0.15) is 5.10 Å². The molecule has 0 spiro atoms. The summed E-state index contributed by atoms with van der Waals surface area (Å²) in [5, 5.41) is 7.28. The van der Waals surface area contributed by atoms with Crippen molar-refractivity contribution in [3.8, 4) is 16.9 Å². The van der Waals surface area contributed by atoms with Gasteiger partial charge in [0.05, 0.1) is 5.69 Å². The largest absolute Gasteiger partial charge is 0.452 e. The maximum Gasteiger partial charge on any atom is 0.342 e. The van der Waals surface area contributed by atoms with Gasteiger partial charge in [-0.25, -0.2) is 9.48 Å². The molecule has 0 atom stereocenters. The van der Waals surface area contributed by atoms with Gasteiger partial charge in [-0.05, 0) is 43.3 Å². The van der Waals surface area contributed by atoms with Crippen LogP contribution in [0, 0.1) is 6.92 Å². The Hall–Kier alpha value is -4.72. The lowest BCUT2D eigenvalue weighted by atomic mass is 10.1. The number of rotatable bonds is 7. The third-order valence-electron chi connectivity index (χ3n) is 5.44. The number of hydrogen-bond acceptors (Lipinski definition) is 5. The number of aryl methyl sites for hydroxylation is 1. The smallest absolute Gasteiger partial charge is 0.342 e. The van der Waals surface area contributed by atoms with Crippen molar-refractivity contribution >= 4 is 23.5 Å². The minimum Gasteiger partial charge on any atom is -0.452 e. The van der Waals surface area contributed by atoms with Crippen LogP contribution in [0.1, 0.15) is 26.3 Å². The van der Waals surface area contributed by atoms with Crippen LogP contribution < -0.4 is 5.32 Å². The Morgan fingerprint density at radius 1 is 0.917 bits per heavy atom. The highest BCUT2D eigenvalue weighted by atomic mass is 16.5. The number of amides is 2. The molecular weight excluding hydrogens is 456 g/mol. The van der Waals surface area contributed by atoms with E-state index in [0.717, 1.165) is 16.8 Å². The van der Waals surface area contributed by atoms with Crippen LogP contribution >= 0.6 is 0 Å². The number of esters is 1. The van der Waals surface area contributed by atoms with Crippen molar-refractivity contribution in [2.45, 2.75) is 6.92 Å². The highest BCUT2D eigenvalue weighted by Gasteiger charge is 2.21. The first-order chi connectivity index (χ1) is 17.3. The first-order valence-electron chi connectivity index (χ1n) is 11.3. The van der Waals surface area contributed by atoms with E-state index in [1.807, 2.05) is 61.5 Å². The number of nitrogens with one attached hydrogen (secondary N) is 1. The number of carbonyl (C=O) groups excluding carboxylic acids is 3. The molecule has 182 valence electrons. The molecule has 0 saturated carbocycles. The van der Waals surface area contributed by atoms with Gasteiger partial charge in [0.25, 0.3) is 11.8 Å². The molecule has 1 heterocycles. The third kappa shape index (κ3) is 5.67. The van der Waals surface area contributed by atoms with E-state index in [4.69, 9.17) is 4.74 Å². The van der Waals surface area contributed by atoms with Gasteiger partial charge in [0.1, 0.15) is 11.3 Å². The Balaban J connectivity index is 1.47. The van der Waals surface area contributed by atoms with Crippen LogP contribution in [0.2, 0.25) is 0 Å². The molecule has 0 saturated heterocycles. The summed E-state index contributed by atoms with van der Waals surface area (Å²) >= 11 is 0. The molecule has 0 radical (unpaired) electrons. The van der Waals surface area contributed by atoms with Crippen LogP contribution in [0.4, 0.5) is 5.69 Å². The molecule has 8 heteroatoms. The van der Waals surface area contributed by atoms with Crippen molar-refractivity contribution in [2.75, 3.05) is 26.0 Å². The number of nitrogens with zero attached hydrogens (tertiary/aromatic N) is 3. The van der Waals surface area contributed by atoms with E-state index in [0.29, 0.717) is 16.9 Å². The summed E-state index contributed by atoms with van der Waals surface area (Å²) in [4.78, 5) is 38.9. The molecule has 1 N–H and O–H groups in total. The van der Waals surface area contributed by atoms with E-state index in [-0.39, 0.29) is 11.5 Å². The molecule has 0 aliphatic carbocycles. The molecule has 4 rings (SSSR count). The van der Waals surface area contributed by atoms with Crippen LogP contribution in [0.25, 0.3) is 16.9 Å². The number of anilines is 1. The second-order valence-corrected chi connectivity index (χ2v) is 8.44. The van der Waals surface area contributed by atoms with Gasteiger partial charge in [-0.3, -0.25) is 9.59 Å². The monoisotopic (exact) mass is 482 g/mol. The lowest BCUT2D eigenvalue weighted by Crippen LogP contribution is -2.22. The Morgan fingerprint density at radius 3 is 2.22 bits per heavy atom. The van der Waals surface area contributed by atoms with Crippen molar-refractivity contribution in [3.05, 3.63) is 102 Å². The number of aromatic nitrogens is 2. The minimum atomic E-state index is -0.658. The minimum absolute atomic E-state index is 0.137. The number of carbonyl (C=O) groups is 3. The van der Waals surface area contributed by atoms with E-state index < -0.39 is 18.5 Å². The lowest BCUT2D eigenvalue weighted by molar-refractivity contribution is -0.119. The van der Waals surface area contributed by atoms with E-state index in [1.165, 1.54) is 4.90 Å². The van der Waals surface area contributed by atoms with E-state index in [9.17, 15) is 14.4 Å². The van der Waals surface area contributed by atoms with Gasteiger partial charge in [0, 0.05) is 37.1 Å². The van der Waals surface area contributed by atoms with Crippen LogP contribution in [-0.4, -0.2) is 53.2 Å². The van der Waals surface area contributed by atoms with Crippen molar-refractivity contribution < 1.29 is 19.1 Å². The number of benzene rings is 3. The summed E-state index contributed by atoms with van der Waals surface area (Å²) in [6, 6.07) is 23.6. The summed E-state index contributed by atoms with van der Waals surface area (Å²) in [7, 11) is 3.33. The van der Waals surface area contributed by atoms with E-state index >= 15 is 0 Å². The molecule has 0 aliphatic heterocycles. The third-order valence-corrected chi connectivity index (χ3v) is 5.44. The van der Waals surface area contributed by atoms with E-state index in [2.05, 4.69) is 10.4 Å². The van der Waals surface area contributed by atoms with Gasteiger partial charge in [0.15, 0.2) is 6.61 Å². The molecular formula is C28H26N4O4. The normalized spacial score (nSPS) is 10.5. The summed E-state index contributed by atoms with van der Waals surface area (Å²) in [5.41, 5.74) is 4.37. The van der Waals surface area contributed by atoms with Gasteiger partial charge in [-0.1, -0.05) is 48.0 Å².